The number of ether oxygens (including phenoxy) is 8. The van der Waals surface area contributed by atoms with Crippen molar-refractivity contribution in [3.63, 3.8) is 0 Å². The Balaban J connectivity index is 1.71. The molecule has 252 valence electrons. The summed E-state index contributed by atoms with van der Waals surface area (Å²) in [6.45, 7) is 2.92. The molecule has 0 spiro atoms. The molecule has 0 bridgehead atoms. The summed E-state index contributed by atoms with van der Waals surface area (Å²) in [5.74, 6) is -4.89. The van der Waals surface area contributed by atoms with Crippen LogP contribution in [0.1, 0.15) is 48.4 Å². The molecule has 3 aliphatic heterocycles. The molecule has 4 rings (SSSR count). The summed E-state index contributed by atoms with van der Waals surface area (Å²) in [7, 11) is 1.22. The van der Waals surface area contributed by atoms with Crippen LogP contribution < -0.4 is 0 Å². The lowest BCUT2D eigenvalue weighted by Gasteiger charge is -2.47. The van der Waals surface area contributed by atoms with Crippen LogP contribution in [0.2, 0.25) is 0 Å². The lowest BCUT2D eigenvalue weighted by molar-refractivity contribution is -0.322. The predicted molar refractivity (Wildman–Crippen MR) is 146 cm³/mol. The molecule has 0 aliphatic carbocycles. The summed E-state index contributed by atoms with van der Waals surface area (Å²) in [4.78, 5) is 75.9. The highest BCUT2D eigenvalue weighted by Crippen LogP contribution is 2.35. The Morgan fingerprint density at radius 3 is 1.72 bits per heavy atom. The number of nitrogens with zero attached hydrogens (tertiary/aromatic N) is 1. The second-order valence-electron chi connectivity index (χ2n) is 10.6. The number of aliphatic hydroxyl groups excluding tert-OH is 2. The minimum absolute atomic E-state index is 0.0424. The minimum Gasteiger partial charge on any atom is -0.457 e. The summed E-state index contributed by atoms with van der Waals surface area (Å²) in [6.07, 6.45) is -13.4. The second kappa shape index (κ2) is 14.6. The van der Waals surface area contributed by atoms with E-state index in [1.54, 1.807) is 12.1 Å². The van der Waals surface area contributed by atoms with Gasteiger partial charge in [0.1, 0.15) is 24.4 Å². The lowest BCUT2D eigenvalue weighted by Crippen LogP contribution is -2.67. The molecule has 1 aromatic carbocycles. The molecular weight excluding hydrogens is 618 g/mol. The molecule has 0 aromatic heterocycles. The number of aliphatic hydroxyl groups is 2. The van der Waals surface area contributed by atoms with Crippen molar-refractivity contribution in [2.24, 2.45) is 0 Å². The number of carbonyl (C=O) groups is 6. The van der Waals surface area contributed by atoms with Gasteiger partial charge in [0.2, 0.25) is 0 Å². The van der Waals surface area contributed by atoms with Gasteiger partial charge in [-0.05, 0) is 12.1 Å². The summed E-state index contributed by atoms with van der Waals surface area (Å²) < 4.78 is 44.5. The van der Waals surface area contributed by atoms with Crippen molar-refractivity contribution in [3.8, 4) is 0 Å². The van der Waals surface area contributed by atoms with Gasteiger partial charge in [-0.25, -0.2) is 0 Å². The lowest BCUT2D eigenvalue weighted by atomic mass is 9.95. The molecule has 17 heteroatoms. The molecule has 3 heterocycles. The van der Waals surface area contributed by atoms with E-state index in [-0.39, 0.29) is 11.1 Å². The average molecular weight is 654 g/mol. The van der Waals surface area contributed by atoms with E-state index >= 15 is 0 Å². The predicted octanol–water partition coefficient (Wildman–Crippen LogP) is -1.16. The van der Waals surface area contributed by atoms with Crippen molar-refractivity contribution in [2.75, 3.05) is 20.3 Å². The normalized spacial score (nSPS) is 32.4. The molecule has 3 aliphatic rings. The van der Waals surface area contributed by atoms with Gasteiger partial charge in [0.05, 0.1) is 24.3 Å². The summed E-state index contributed by atoms with van der Waals surface area (Å²) in [5, 5.41) is 21.0. The maximum atomic E-state index is 13.5. The third-order valence-corrected chi connectivity index (χ3v) is 7.40. The van der Waals surface area contributed by atoms with Crippen molar-refractivity contribution < 1.29 is 76.9 Å². The van der Waals surface area contributed by atoms with Gasteiger partial charge in [0, 0.05) is 34.8 Å². The van der Waals surface area contributed by atoms with E-state index in [1.807, 2.05) is 0 Å². The average Bonchev–Trinajstić information content (AvgIpc) is 3.23. The van der Waals surface area contributed by atoms with E-state index in [2.05, 4.69) is 0 Å². The molecule has 2 saturated heterocycles. The van der Waals surface area contributed by atoms with E-state index in [1.165, 1.54) is 19.2 Å². The van der Waals surface area contributed by atoms with Crippen LogP contribution in [0.3, 0.4) is 0 Å². The van der Waals surface area contributed by atoms with Crippen LogP contribution in [0.25, 0.3) is 0 Å². The topological polar surface area (TPSA) is 220 Å². The number of esters is 4. The highest BCUT2D eigenvalue weighted by Gasteiger charge is 2.57. The third-order valence-electron chi connectivity index (χ3n) is 7.40. The van der Waals surface area contributed by atoms with Gasteiger partial charge in [0.25, 0.3) is 11.8 Å². The van der Waals surface area contributed by atoms with Crippen molar-refractivity contribution >= 4 is 35.7 Å². The number of hydrogen-bond acceptors (Lipinski definition) is 16. The van der Waals surface area contributed by atoms with Gasteiger partial charge in [0.15, 0.2) is 37.0 Å². The van der Waals surface area contributed by atoms with Crippen LogP contribution in [0, 0.1) is 0 Å². The number of methoxy groups -OCH3 is 1. The SMILES string of the molecule is CO[C@H]1O[C@H](CO[C@@H]2O[C@H](CO)[C@@H](O)[C@H](OC(C)=O)[C@H]2N2C(=O)c3ccccc3C2=O)[C@@H](OC(C)=O)[C@H](OC(C)=O)[C@H]1OC(C)=O. The molecule has 2 amide bonds. The van der Waals surface area contributed by atoms with E-state index < -0.39 is 110 Å². The van der Waals surface area contributed by atoms with Crippen LogP contribution in [0.4, 0.5) is 0 Å². The van der Waals surface area contributed by atoms with Crippen molar-refractivity contribution in [3.05, 3.63) is 35.4 Å². The monoisotopic (exact) mass is 653 g/mol. The number of fused-ring (bicyclic) bond motifs is 1. The summed E-state index contributed by atoms with van der Waals surface area (Å²) in [6, 6.07) is 4.33. The fourth-order valence-corrected chi connectivity index (χ4v) is 5.64. The maximum absolute atomic E-state index is 13.5. The first-order valence-corrected chi connectivity index (χ1v) is 14.2. The van der Waals surface area contributed by atoms with Crippen molar-refractivity contribution in [1.29, 1.82) is 0 Å². The molecule has 46 heavy (non-hydrogen) atoms. The zero-order valence-electron chi connectivity index (χ0n) is 25.6. The Bertz CT molecular complexity index is 1310. The molecule has 2 N–H and O–H groups in total. The minimum atomic E-state index is -1.71. The van der Waals surface area contributed by atoms with Crippen molar-refractivity contribution in [2.45, 2.75) is 89.0 Å². The van der Waals surface area contributed by atoms with E-state index in [0.717, 1.165) is 32.6 Å². The molecule has 0 saturated carbocycles. The van der Waals surface area contributed by atoms with Gasteiger partial charge in [-0.3, -0.25) is 33.7 Å². The number of benzene rings is 1. The fraction of sp³-hybridized carbons (Fsp3) is 0.586. The Kier molecular flexibility index (Phi) is 11.1. The number of carbonyl (C=O) groups excluding carboxylic acids is 6. The van der Waals surface area contributed by atoms with Gasteiger partial charge < -0.3 is 48.1 Å². The van der Waals surface area contributed by atoms with E-state index in [9.17, 15) is 39.0 Å². The zero-order chi connectivity index (χ0) is 33.9. The molecular formula is C29H35NO16. The first kappa shape index (κ1) is 34.9. The number of rotatable bonds is 10. The Labute approximate surface area is 262 Å². The highest BCUT2D eigenvalue weighted by atomic mass is 16.7. The fourth-order valence-electron chi connectivity index (χ4n) is 5.64. The van der Waals surface area contributed by atoms with Crippen LogP contribution in [-0.2, 0) is 57.1 Å². The van der Waals surface area contributed by atoms with Crippen molar-refractivity contribution in [1.82, 2.24) is 4.90 Å². The molecule has 17 nitrogen and oxygen atoms in total. The molecule has 10 atom stereocenters. The molecule has 2 fully saturated rings. The number of hydrogen-bond donors (Lipinski definition) is 2. The first-order valence-electron chi connectivity index (χ1n) is 14.2. The Morgan fingerprint density at radius 2 is 1.22 bits per heavy atom. The van der Waals surface area contributed by atoms with Gasteiger partial charge in [-0.1, -0.05) is 12.1 Å². The van der Waals surface area contributed by atoms with Crippen LogP contribution in [0.15, 0.2) is 24.3 Å². The van der Waals surface area contributed by atoms with E-state index in [0.29, 0.717) is 0 Å². The number of amides is 2. The quantitative estimate of drug-likeness (QED) is 0.173. The van der Waals surface area contributed by atoms with Crippen LogP contribution >= 0.6 is 0 Å². The Morgan fingerprint density at radius 1 is 0.739 bits per heavy atom. The standard InChI is InChI=1S/C29H35NO16/c1-12(32)41-22-19(46-29(39-5)25(44-15(4)35)24(22)43-14(3)34)11-40-28-20(23(42-13(2)33)21(36)18(10-31)45-28)30-26(37)16-8-6-7-9-17(16)27(30)38/h6-9,18-25,28-29,31,36H,10-11H2,1-5H3/t18-,19-,20-,21-,22-,23-,24+,25-,28-,29+/m1/s1. The number of imide groups is 1. The third kappa shape index (κ3) is 7.19. The second-order valence-corrected chi connectivity index (χ2v) is 10.6. The summed E-state index contributed by atoms with van der Waals surface area (Å²) >= 11 is 0. The van der Waals surface area contributed by atoms with Crippen LogP contribution in [-0.4, -0.2) is 132 Å². The van der Waals surface area contributed by atoms with Gasteiger partial charge in [-0.2, -0.15) is 0 Å². The highest BCUT2D eigenvalue weighted by molar-refractivity contribution is 6.21. The van der Waals surface area contributed by atoms with Gasteiger partial charge >= 0.3 is 23.9 Å². The van der Waals surface area contributed by atoms with Gasteiger partial charge in [-0.15, -0.1) is 0 Å². The largest absolute Gasteiger partial charge is 0.457 e. The maximum Gasteiger partial charge on any atom is 0.303 e. The Hall–Kier alpha value is -4.00. The smallest absolute Gasteiger partial charge is 0.303 e. The molecule has 1 aromatic rings. The van der Waals surface area contributed by atoms with E-state index in [4.69, 9.17) is 37.9 Å². The molecule has 0 unspecified atom stereocenters. The zero-order valence-corrected chi connectivity index (χ0v) is 25.6. The molecule has 0 radical (unpaired) electrons. The summed E-state index contributed by atoms with van der Waals surface area (Å²) in [5.41, 5.74) is 0.0848. The van der Waals surface area contributed by atoms with Crippen LogP contribution in [0.5, 0.6) is 0 Å². The first-order chi connectivity index (χ1) is 21.8.